The highest BCUT2D eigenvalue weighted by atomic mass is 32.2. The lowest BCUT2D eigenvalue weighted by atomic mass is 10.1. The fourth-order valence-electron chi connectivity index (χ4n) is 3.57. The van der Waals surface area contributed by atoms with Crippen LogP contribution in [-0.2, 0) is 14.3 Å². The highest BCUT2D eigenvalue weighted by molar-refractivity contribution is 8.15. The van der Waals surface area contributed by atoms with Crippen molar-refractivity contribution in [2.75, 3.05) is 25.6 Å². The van der Waals surface area contributed by atoms with Crippen LogP contribution in [-0.4, -0.2) is 47.4 Å². The van der Waals surface area contributed by atoms with Gasteiger partial charge in [0.1, 0.15) is 5.25 Å². The summed E-state index contributed by atoms with van der Waals surface area (Å²) in [7, 11) is 1.64. The molecule has 1 aliphatic heterocycles. The molecule has 0 radical (unpaired) electrons. The van der Waals surface area contributed by atoms with E-state index in [-0.39, 0.29) is 18.2 Å². The first-order chi connectivity index (χ1) is 15.3. The van der Waals surface area contributed by atoms with Crippen molar-refractivity contribution in [3.8, 4) is 0 Å². The van der Waals surface area contributed by atoms with E-state index in [1.165, 1.54) is 17.3 Å². The molecule has 1 aliphatic rings. The number of nitrogens with one attached hydrogen (secondary N) is 1. The van der Waals surface area contributed by atoms with Gasteiger partial charge in [-0.1, -0.05) is 41.6 Å². The van der Waals surface area contributed by atoms with Gasteiger partial charge in [-0.15, -0.1) is 0 Å². The molecule has 7 heteroatoms. The summed E-state index contributed by atoms with van der Waals surface area (Å²) in [4.78, 5) is 32.4. The summed E-state index contributed by atoms with van der Waals surface area (Å²) < 4.78 is 5.15. The summed E-state index contributed by atoms with van der Waals surface area (Å²) in [5.41, 5.74) is 5.91. The van der Waals surface area contributed by atoms with E-state index < -0.39 is 5.25 Å². The van der Waals surface area contributed by atoms with Crippen LogP contribution in [0.1, 0.15) is 35.1 Å². The molecule has 0 saturated carbocycles. The van der Waals surface area contributed by atoms with E-state index in [4.69, 9.17) is 9.73 Å². The number of benzene rings is 2. The van der Waals surface area contributed by atoms with Crippen LogP contribution in [0.25, 0.3) is 0 Å². The molecule has 1 saturated heterocycles. The Morgan fingerprint density at radius 2 is 1.81 bits per heavy atom. The van der Waals surface area contributed by atoms with Crippen molar-refractivity contribution < 1.29 is 14.3 Å². The van der Waals surface area contributed by atoms with Gasteiger partial charge in [-0.2, -0.15) is 0 Å². The predicted molar refractivity (Wildman–Crippen MR) is 132 cm³/mol. The van der Waals surface area contributed by atoms with Crippen molar-refractivity contribution in [3.63, 3.8) is 0 Å². The molecule has 170 valence electrons. The van der Waals surface area contributed by atoms with Gasteiger partial charge in [-0.3, -0.25) is 14.5 Å². The van der Waals surface area contributed by atoms with Gasteiger partial charge in [0.2, 0.25) is 11.8 Å². The molecule has 0 bridgehead atoms. The van der Waals surface area contributed by atoms with Crippen molar-refractivity contribution in [1.29, 1.82) is 0 Å². The van der Waals surface area contributed by atoms with Crippen molar-refractivity contribution in [1.82, 2.24) is 4.90 Å². The monoisotopic (exact) mass is 453 g/mol. The van der Waals surface area contributed by atoms with Crippen LogP contribution >= 0.6 is 11.8 Å². The molecule has 3 rings (SSSR count). The predicted octanol–water partition coefficient (Wildman–Crippen LogP) is 4.92. The summed E-state index contributed by atoms with van der Waals surface area (Å²) in [6, 6.07) is 12.0. The minimum absolute atomic E-state index is 0.0780. The number of ether oxygens (including phenoxy) is 1. The van der Waals surface area contributed by atoms with E-state index in [9.17, 15) is 9.59 Å². The number of amides is 2. The van der Waals surface area contributed by atoms with E-state index >= 15 is 0 Å². The van der Waals surface area contributed by atoms with Gasteiger partial charge in [0.25, 0.3) is 0 Å². The number of thioether (sulfide) groups is 1. The standard InChI is InChI=1S/C25H31N3O3S/c1-16-8-10-20(19(4)13-16)27-25-28(11-6-12-31-5)24(30)22(32-25)15-23(29)26-21-14-17(2)7-9-18(21)3/h7-10,13-14,22H,6,11-12,15H2,1-5H3,(H,26,29). The Hall–Kier alpha value is -2.64. The van der Waals surface area contributed by atoms with Gasteiger partial charge in [0, 0.05) is 32.4 Å². The number of nitrogens with zero attached hydrogens (tertiary/aromatic N) is 2. The second-order valence-corrected chi connectivity index (χ2v) is 9.37. The molecular weight excluding hydrogens is 422 g/mol. The van der Waals surface area contributed by atoms with Crippen molar-refractivity contribution in [2.24, 2.45) is 4.99 Å². The Bertz CT molecular complexity index is 1040. The lowest BCUT2D eigenvalue weighted by molar-refractivity contribution is -0.128. The molecule has 32 heavy (non-hydrogen) atoms. The highest BCUT2D eigenvalue weighted by Gasteiger charge is 2.39. The van der Waals surface area contributed by atoms with Gasteiger partial charge < -0.3 is 10.1 Å². The molecule has 1 atom stereocenters. The molecule has 0 spiro atoms. The molecule has 0 aromatic heterocycles. The van der Waals surface area contributed by atoms with Gasteiger partial charge >= 0.3 is 0 Å². The maximum Gasteiger partial charge on any atom is 0.242 e. The Balaban J connectivity index is 1.78. The normalized spacial score (nSPS) is 17.3. The van der Waals surface area contributed by atoms with E-state index in [2.05, 4.69) is 11.4 Å². The van der Waals surface area contributed by atoms with Crippen LogP contribution in [0.4, 0.5) is 11.4 Å². The Labute approximate surface area is 194 Å². The van der Waals surface area contributed by atoms with E-state index in [0.29, 0.717) is 24.7 Å². The van der Waals surface area contributed by atoms with Crippen LogP contribution in [0, 0.1) is 27.7 Å². The maximum atomic E-state index is 13.2. The average molecular weight is 454 g/mol. The second-order valence-electron chi connectivity index (χ2n) is 8.20. The number of methoxy groups -OCH3 is 1. The van der Waals surface area contributed by atoms with Crippen molar-refractivity contribution >= 4 is 40.1 Å². The van der Waals surface area contributed by atoms with Gasteiger partial charge in [-0.05, 0) is 62.9 Å². The van der Waals surface area contributed by atoms with Crippen LogP contribution in [0.2, 0.25) is 0 Å². The molecule has 2 amide bonds. The molecule has 6 nitrogen and oxygen atoms in total. The summed E-state index contributed by atoms with van der Waals surface area (Å²) >= 11 is 1.36. The number of carbonyl (C=O) groups excluding carboxylic acids is 2. The molecule has 2 aromatic carbocycles. The lowest BCUT2D eigenvalue weighted by Gasteiger charge is -2.16. The number of carbonyl (C=O) groups is 2. The third-order valence-electron chi connectivity index (χ3n) is 5.36. The maximum absolute atomic E-state index is 13.2. The number of anilines is 1. The van der Waals surface area contributed by atoms with Crippen LogP contribution < -0.4 is 5.32 Å². The quantitative estimate of drug-likeness (QED) is 0.576. The fourth-order valence-corrected chi connectivity index (χ4v) is 4.75. The number of hydrogen-bond donors (Lipinski definition) is 1. The van der Waals surface area contributed by atoms with E-state index in [1.807, 2.05) is 58.0 Å². The first-order valence-corrected chi connectivity index (χ1v) is 11.7. The lowest BCUT2D eigenvalue weighted by Crippen LogP contribution is -2.34. The third kappa shape index (κ3) is 5.99. The largest absolute Gasteiger partial charge is 0.385 e. The molecule has 1 N–H and O–H groups in total. The van der Waals surface area contributed by atoms with E-state index in [1.54, 1.807) is 12.0 Å². The van der Waals surface area contributed by atoms with Gasteiger partial charge in [0.05, 0.1) is 5.69 Å². The zero-order valence-electron chi connectivity index (χ0n) is 19.4. The molecule has 1 fully saturated rings. The zero-order chi connectivity index (χ0) is 23.3. The summed E-state index contributed by atoms with van der Waals surface area (Å²) in [6.45, 7) is 9.06. The molecular formula is C25H31N3O3S. The smallest absolute Gasteiger partial charge is 0.242 e. The Kier molecular flexibility index (Phi) is 8.10. The molecule has 0 aliphatic carbocycles. The SMILES string of the molecule is COCCCN1C(=O)C(CC(=O)Nc2cc(C)ccc2C)SC1=Nc1ccc(C)cc1C. The minimum atomic E-state index is -0.493. The molecule has 1 heterocycles. The van der Waals surface area contributed by atoms with Gasteiger partial charge in [0.15, 0.2) is 5.17 Å². The number of amidine groups is 1. The first-order valence-electron chi connectivity index (χ1n) is 10.8. The zero-order valence-corrected chi connectivity index (χ0v) is 20.2. The van der Waals surface area contributed by atoms with Crippen LogP contribution in [0.5, 0.6) is 0 Å². The van der Waals surface area contributed by atoms with Crippen LogP contribution in [0.15, 0.2) is 41.4 Å². The fraction of sp³-hybridized carbons (Fsp3) is 0.400. The molecule has 2 aromatic rings. The minimum Gasteiger partial charge on any atom is -0.385 e. The summed E-state index contributed by atoms with van der Waals surface area (Å²) in [5.74, 6) is -0.250. The Morgan fingerprint density at radius 3 is 2.53 bits per heavy atom. The topological polar surface area (TPSA) is 71.0 Å². The summed E-state index contributed by atoms with van der Waals surface area (Å²) in [5, 5.41) is 3.11. The first kappa shape index (κ1) is 24.0. The van der Waals surface area contributed by atoms with E-state index in [0.717, 1.165) is 28.1 Å². The average Bonchev–Trinajstić information content (AvgIpc) is 3.01. The number of aryl methyl sites for hydroxylation is 4. The third-order valence-corrected chi connectivity index (χ3v) is 6.53. The number of rotatable bonds is 8. The van der Waals surface area contributed by atoms with Crippen molar-refractivity contribution in [3.05, 3.63) is 58.7 Å². The second kappa shape index (κ2) is 10.8. The summed E-state index contributed by atoms with van der Waals surface area (Å²) in [6.07, 6.45) is 0.805. The Morgan fingerprint density at radius 1 is 1.09 bits per heavy atom. The molecule has 1 unspecified atom stereocenters. The highest BCUT2D eigenvalue weighted by Crippen LogP contribution is 2.33. The van der Waals surface area contributed by atoms with Gasteiger partial charge in [-0.25, -0.2) is 4.99 Å². The van der Waals surface area contributed by atoms with Crippen molar-refractivity contribution in [2.45, 2.75) is 45.8 Å². The number of hydrogen-bond acceptors (Lipinski definition) is 5. The van der Waals surface area contributed by atoms with Crippen LogP contribution in [0.3, 0.4) is 0 Å². The number of aliphatic imine (C=N–C) groups is 1.